The average Bonchev–Trinajstić information content (AvgIpc) is 2.96. The maximum Gasteiger partial charge on any atom is 0.341 e. The van der Waals surface area contributed by atoms with Gasteiger partial charge >= 0.3 is 5.97 Å². The van der Waals surface area contributed by atoms with Crippen molar-refractivity contribution in [3.8, 4) is 0 Å². The Balaban J connectivity index is 1.83. The van der Waals surface area contributed by atoms with Gasteiger partial charge in [-0.2, -0.15) is 0 Å². The van der Waals surface area contributed by atoms with E-state index >= 15 is 0 Å². The fourth-order valence-electron chi connectivity index (χ4n) is 2.23. The van der Waals surface area contributed by atoms with E-state index in [1.54, 1.807) is 37.1 Å². The fraction of sp³-hybridized carbons (Fsp3) is 0.333. The van der Waals surface area contributed by atoms with E-state index < -0.39 is 5.97 Å². The van der Waals surface area contributed by atoms with Crippen molar-refractivity contribution in [3.05, 3.63) is 53.2 Å². The summed E-state index contributed by atoms with van der Waals surface area (Å²) >= 11 is 1.50. The van der Waals surface area contributed by atoms with Gasteiger partial charge in [-0.05, 0) is 37.3 Å². The van der Waals surface area contributed by atoms with Gasteiger partial charge in [0.1, 0.15) is 22.9 Å². The molecule has 2 rings (SSSR count). The molecule has 134 valence electrons. The molecule has 1 heterocycles. The van der Waals surface area contributed by atoms with Crippen molar-refractivity contribution in [1.29, 1.82) is 0 Å². The highest BCUT2D eigenvalue weighted by Gasteiger charge is 2.17. The number of hydrogen-bond donors (Lipinski definition) is 0. The van der Waals surface area contributed by atoms with Gasteiger partial charge in [-0.1, -0.05) is 0 Å². The number of hydrogen-bond acceptors (Lipinski definition) is 5. The number of methoxy groups -OCH3 is 1. The van der Waals surface area contributed by atoms with Gasteiger partial charge in [0.25, 0.3) is 0 Å². The van der Waals surface area contributed by atoms with E-state index in [9.17, 15) is 14.0 Å². The first-order valence-corrected chi connectivity index (χ1v) is 8.69. The molecule has 0 aliphatic rings. The molecule has 25 heavy (non-hydrogen) atoms. The van der Waals surface area contributed by atoms with Gasteiger partial charge in [-0.15, -0.1) is 11.8 Å². The second-order valence-corrected chi connectivity index (χ2v) is 6.64. The number of benzene rings is 1. The van der Waals surface area contributed by atoms with Crippen LogP contribution in [0.15, 0.2) is 39.6 Å². The number of halogens is 1. The van der Waals surface area contributed by atoms with E-state index in [0.717, 1.165) is 4.90 Å². The Labute approximate surface area is 150 Å². The summed E-state index contributed by atoms with van der Waals surface area (Å²) in [6, 6.07) is 7.77. The number of nitrogens with zero attached hydrogens (tertiary/aromatic N) is 1. The Morgan fingerprint density at radius 3 is 2.60 bits per heavy atom. The predicted molar refractivity (Wildman–Crippen MR) is 93.0 cm³/mol. The molecule has 1 amide bonds. The molecule has 0 unspecified atom stereocenters. The predicted octanol–water partition coefficient (Wildman–Crippen LogP) is 3.65. The summed E-state index contributed by atoms with van der Waals surface area (Å²) in [4.78, 5) is 26.2. The molecule has 2 aromatic rings. The molecule has 0 aliphatic heterocycles. The number of amides is 1. The van der Waals surface area contributed by atoms with Crippen LogP contribution in [0.5, 0.6) is 0 Å². The molecule has 0 atom stereocenters. The monoisotopic (exact) mass is 365 g/mol. The minimum Gasteiger partial charge on any atom is -0.465 e. The van der Waals surface area contributed by atoms with Crippen LogP contribution in [0.25, 0.3) is 0 Å². The normalized spacial score (nSPS) is 10.6. The van der Waals surface area contributed by atoms with Gasteiger partial charge in [0, 0.05) is 24.1 Å². The lowest BCUT2D eigenvalue weighted by Crippen LogP contribution is -2.26. The molecule has 1 aromatic heterocycles. The van der Waals surface area contributed by atoms with E-state index in [2.05, 4.69) is 4.74 Å². The molecule has 0 fully saturated rings. The smallest absolute Gasteiger partial charge is 0.341 e. The lowest BCUT2D eigenvalue weighted by Gasteiger charge is -2.15. The summed E-state index contributed by atoms with van der Waals surface area (Å²) in [5.41, 5.74) is 0.366. The van der Waals surface area contributed by atoms with Crippen LogP contribution in [-0.2, 0) is 16.1 Å². The third-order valence-electron chi connectivity index (χ3n) is 3.59. The van der Waals surface area contributed by atoms with Crippen molar-refractivity contribution in [3.63, 3.8) is 0 Å². The van der Waals surface area contributed by atoms with Crippen LogP contribution < -0.4 is 0 Å². The molecule has 7 heteroatoms. The quantitative estimate of drug-likeness (QED) is 0.554. The van der Waals surface area contributed by atoms with Gasteiger partial charge in [0.05, 0.1) is 13.7 Å². The number of ether oxygens (including phenoxy) is 1. The molecule has 0 spiro atoms. The van der Waals surface area contributed by atoms with Crippen LogP contribution in [0, 0.1) is 12.7 Å². The zero-order chi connectivity index (χ0) is 18.4. The number of thioether (sulfide) groups is 1. The van der Waals surface area contributed by atoms with Gasteiger partial charge < -0.3 is 14.1 Å². The number of carbonyl (C=O) groups excluding carboxylic acids is 2. The maximum absolute atomic E-state index is 12.8. The summed E-state index contributed by atoms with van der Waals surface area (Å²) < 4.78 is 23.0. The van der Waals surface area contributed by atoms with Gasteiger partial charge in [-0.25, -0.2) is 9.18 Å². The minimum absolute atomic E-state index is 0.0386. The number of aryl methyl sites for hydroxylation is 1. The molecule has 0 saturated heterocycles. The summed E-state index contributed by atoms with van der Waals surface area (Å²) in [5.74, 6) is 0.814. The molecule has 0 aliphatic carbocycles. The number of esters is 1. The van der Waals surface area contributed by atoms with Crippen LogP contribution in [-0.4, -0.2) is 36.7 Å². The minimum atomic E-state index is -0.461. The second-order valence-electron chi connectivity index (χ2n) is 5.48. The van der Waals surface area contributed by atoms with E-state index in [4.69, 9.17) is 4.42 Å². The Morgan fingerprint density at radius 2 is 1.96 bits per heavy atom. The lowest BCUT2D eigenvalue weighted by atomic mass is 10.2. The first kappa shape index (κ1) is 19.1. The first-order valence-electron chi connectivity index (χ1n) is 7.70. The van der Waals surface area contributed by atoms with Crippen molar-refractivity contribution < 1.29 is 23.1 Å². The Hall–Kier alpha value is -2.28. The number of rotatable bonds is 7. The first-order chi connectivity index (χ1) is 11.9. The molecule has 1 aromatic carbocycles. The highest BCUT2D eigenvalue weighted by molar-refractivity contribution is 7.99. The summed E-state index contributed by atoms with van der Waals surface area (Å²) in [6.07, 6.45) is 0.349. The summed E-state index contributed by atoms with van der Waals surface area (Å²) in [5, 5.41) is 0. The van der Waals surface area contributed by atoms with Crippen molar-refractivity contribution in [2.45, 2.75) is 24.8 Å². The Kier molecular flexibility index (Phi) is 6.64. The number of carbonyl (C=O) groups is 2. The summed E-state index contributed by atoms with van der Waals surface area (Å²) in [6.45, 7) is 1.95. The van der Waals surface area contributed by atoms with Crippen LogP contribution >= 0.6 is 11.8 Å². The van der Waals surface area contributed by atoms with Gasteiger partial charge in [0.2, 0.25) is 5.91 Å². The van der Waals surface area contributed by atoms with Crippen molar-refractivity contribution in [2.75, 3.05) is 19.9 Å². The second kappa shape index (κ2) is 8.71. The number of furan rings is 1. The molecular weight excluding hydrogens is 345 g/mol. The molecule has 0 bridgehead atoms. The van der Waals surface area contributed by atoms with Crippen LogP contribution in [0.2, 0.25) is 0 Å². The van der Waals surface area contributed by atoms with Crippen LogP contribution in [0.1, 0.15) is 28.3 Å². The Morgan fingerprint density at radius 1 is 1.28 bits per heavy atom. The fourth-order valence-corrected chi connectivity index (χ4v) is 3.07. The molecule has 5 nitrogen and oxygen atoms in total. The van der Waals surface area contributed by atoms with Crippen molar-refractivity contribution >= 4 is 23.6 Å². The van der Waals surface area contributed by atoms with E-state index in [1.165, 1.54) is 31.0 Å². The zero-order valence-corrected chi connectivity index (χ0v) is 15.2. The largest absolute Gasteiger partial charge is 0.465 e. The molecule has 0 N–H and O–H groups in total. The van der Waals surface area contributed by atoms with E-state index in [1.807, 2.05) is 0 Å². The molecular formula is C18H20FNO4S. The topological polar surface area (TPSA) is 59.8 Å². The van der Waals surface area contributed by atoms with E-state index in [-0.39, 0.29) is 18.3 Å². The van der Waals surface area contributed by atoms with Crippen molar-refractivity contribution in [1.82, 2.24) is 4.90 Å². The highest BCUT2D eigenvalue weighted by Crippen LogP contribution is 2.20. The lowest BCUT2D eigenvalue weighted by molar-refractivity contribution is -0.130. The third-order valence-corrected chi connectivity index (χ3v) is 4.60. The maximum atomic E-state index is 12.8. The average molecular weight is 365 g/mol. The van der Waals surface area contributed by atoms with E-state index in [0.29, 0.717) is 29.3 Å². The van der Waals surface area contributed by atoms with Crippen LogP contribution in [0.3, 0.4) is 0 Å². The zero-order valence-electron chi connectivity index (χ0n) is 14.4. The SMILES string of the molecule is COC(=O)c1cc(CN(C)C(=O)CCSc2ccc(F)cc2)oc1C. The van der Waals surface area contributed by atoms with Gasteiger partial charge in [-0.3, -0.25) is 4.79 Å². The molecule has 0 saturated carbocycles. The van der Waals surface area contributed by atoms with Crippen molar-refractivity contribution in [2.24, 2.45) is 0 Å². The summed E-state index contributed by atoms with van der Waals surface area (Å²) in [7, 11) is 2.99. The third kappa shape index (κ3) is 5.35. The Bertz CT molecular complexity index is 742. The van der Waals surface area contributed by atoms with Gasteiger partial charge in [0.15, 0.2) is 0 Å². The highest BCUT2D eigenvalue weighted by atomic mass is 32.2. The van der Waals surface area contributed by atoms with Crippen LogP contribution in [0.4, 0.5) is 4.39 Å². The standard InChI is InChI=1S/C18H20FNO4S/c1-12-16(18(22)23-3)10-14(24-12)11-20(2)17(21)8-9-25-15-6-4-13(19)5-7-15/h4-7,10H,8-9,11H2,1-3H3. The molecule has 0 radical (unpaired) electrons.